The van der Waals surface area contributed by atoms with Crippen molar-refractivity contribution < 1.29 is 23.9 Å². The molecule has 0 aliphatic rings. The van der Waals surface area contributed by atoms with Crippen LogP contribution in [0.1, 0.15) is 30.5 Å². The van der Waals surface area contributed by atoms with Crippen LogP contribution in [0.15, 0.2) is 59.3 Å². The number of ether oxygens (including phenoxy) is 1. The van der Waals surface area contributed by atoms with Crippen molar-refractivity contribution >= 4 is 46.4 Å². The molecule has 0 aliphatic heterocycles. The molecule has 2 N–H and O–H groups in total. The first-order valence-electron chi connectivity index (χ1n) is 8.99. The van der Waals surface area contributed by atoms with Gasteiger partial charge in [-0.15, -0.1) is 22.7 Å². The molecule has 0 spiro atoms. The summed E-state index contributed by atoms with van der Waals surface area (Å²) in [7, 11) is 0. The highest BCUT2D eigenvalue weighted by atomic mass is 32.1. The second-order valence-corrected chi connectivity index (χ2v) is 8.04. The summed E-state index contributed by atoms with van der Waals surface area (Å²) in [5.74, 6) is -1.88. The van der Waals surface area contributed by atoms with Crippen molar-refractivity contribution in [3.63, 3.8) is 0 Å². The van der Waals surface area contributed by atoms with E-state index in [0.29, 0.717) is 17.8 Å². The predicted octanol–water partition coefficient (Wildman–Crippen LogP) is 3.27. The number of benzene rings is 1. The van der Waals surface area contributed by atoms with E-state index < -0.39 is 24.5 Å². The maximum atomic E-state index is 12.6. The molecule has 0 radical (unpaired) electrons. The van der Waals surface area contributed by atoms with E-state index in [0.717, 1.165) is 4.88 Å². The Bertz CT molecular complexity index is 1030. The van der Waals surface area contributed by atoms with E-state index in [-0.39, 0.29) is 16.9 Å². The maximum Gasteiger partial charge on any atom is 0.339 e. The third kappa shape index (κ3) is 5.85. The normalized spacial score (nSPS) is 10.3. The van der Waals surface area contributed by atoms with Crippen LogP contribution < -0.4 is 10.6 Å². The van der Waals surface area contributed by atoms with Gasteiger partial charge in [0.15, 0.2) is 6.61 Å². The zero-order valence-electron chi connectivity index (χ0n) is 15.8. The van der Waals surface area contributed by atoms with E-state index >= 15 is 0 Å². The van der Waals surface area contributed by atoms with Gasteiger partial charge in [0.1, 0.15) is 0 Å². The van der Waals surface area contributed by atoms with Crippen LogP contribution in [-0.2, 0) is 16.0 Å². The Balaban J connectivity index is 1.49. The number of urea groups is 1. The number of ketones is 1. The van der Waals surface area contributed by atoms with Crippen molar-refractivity contribution in [1.82, 2.24) is 10.6 Å². The summed E-state index contributed by atoms with van der Waals surface area (Å²) in [6.45, 7) is -0.268. The Morgan fingerprint density at radius 1 is 0.867 bits per heavy atom. The first-order chi connectivity index (χ1) is 14.5. The summed E-state index contributed by atoms with van der Waals surface area (Å²) in [5.41, 5.74) is 0.251. The molecule has 0 saturated heterocycles. The predicted molar refractivity (Wildman–Crippen MR) is 114 cm³/mol. The van der Waals surface area contributed by atoms with Crippen LogP contribution in [0.3, 0.4) is 0 Å². The molecule has 3 amide bonds. The van der Waals surface area contributed by atoms with Gasteiger partial charge < -0.3 is 10.1 Å². The molecule has 3 aromatic rings. The van der Waals surface area contributed by atoms with Gasteiger partial charge in [0.05, 0.1) is 10.4 Å². The second-order valence-electron chi connectivity index (χ2n) is 6.06. The molecule has 7 nitrogen and oxygen atoms in total. The summed E-state index contributed by atoms with van der Waals surface area (Å²) in [6.07, 6.45) is 0.656. The standard InChI is InChI=1S/C21H18N2O5S2/c24-18(23-21(27)22-10-9-14-5-3-11-29-14)13-28-20(26)16-7-2-1-6-15(16)19(25)17-8-4-12-30-17/h1-8,11-12H,9-10,13H2,(H2,22,23,24,27). The number of imide groups is 1. The molecule has 2 heterocycles. The lowest BCUT2D eigenvalue weighted by atomic mass is 10.0. The molecule has 2 aromatic heterocycles. The fourth-order valence-corrected chi connectivity index (χ4v) is 3.96. The number of esters is 1. The van der Waals surface area contributed by atoms with E-state index in [9.17, 15) is 19.2 Å². The molecule has 0 unspecified atom stereocenters. The molecule has 0 saturated carbocycles. The second kappa shape index (κ2) is 10.5. The van der Waals surface area contributed by atoms with Crippen molar-refractivity contribution in [2.45, 2.75) is 6.42 Å². The van der Waals surface area contributed by atoms with E-state index in [2.05, 4.69) is 10.6 Å². The Labute approximate surface area is 180 Å². The van der Waals surface area contributed by atoms with Crippen LogP contribution in [0, 0.1) is 0 Å². The van der Waals surface area contributed by atoms with Gasteiger partial charge in [0, 0.05) is 17.0 Å². The Morgan fingerprint density at radius 2 is 1.60 bits per heavy atom. The van der Waals surface area contributed by atoms with Gasteiger partial charge in [0.25, 0.3) is 5.91 Å². The Morgan fingerprint density at radius 3 is 2.30 bits per heavy atom. The van der Waals surface area contributed by atoms with Crippen LogP contribution >= 0.6 is 22.7 Å². The summed E-state index contributed by atoms with van der Waals surface area (Å²) in [6, 6.07) is 12.8. The lowest BCUT2D eigenvalue weighted by molar-refractivity contribution is -0.123. The van der Waals surface area contributed by atoms with Crippen LogP contribution in [0.25, 0.3) is 0 Å². The Kier molecular flexibility index (Phi) is 7.47. The minimum absolute atomic E-state index is 0.0594. The highest BCUT2D eigenvalue weighted by Crippen LogP contribution is 2.19. The third-order valence-corrected chi connectivity index (χ3v) is 5.77. The molecule has 0 fully saturated rings. The van der Waals surface area contributed by atoms with E-state index in [1.165, 1.54) is 23.5 Å². The van der Waals surface area contributed by atoms with Gasteiger partial charge in [-0.3, -0.25) is 14.9 Å². The maximum absolute atomic E-state index is 12.6. The van der Waals surface area contributed by atoms with E-state index in [4.69, 9.17) is 4.74 Å². The number of thiophene rings is 2. The van der Waals surface area contributed by atoms with Crippen molar-refractivity contribution in [3.05, 3.63) is 80.2 Å². The summed E-state index contributed by atoms with van der Waals surface area (Å²) in [5, 5.41) is 8.37. The first kappa shape index (κ1) is 21.4. The fraction of sp³-hybridized carbons (Fsp3) is 0.143. The number of amides is 3. The summed E-state index contributed by atoms with van der Waals surface area (Å²) in [4.78, 5) is 50.2. The average molecular weight is 443 g/mol. The third-order valence-electron chi connectivity index (χ3n) is 3.96. The highest BCUT2D eigenvalue weighted by molar-refractivity contribution is 7.12. The minimum atomic E-state index is -0.816. The van der Waals surface area contributed by atoms with Crippen LogP contribution in [0.2, 0.25) is 0 Å². The molecular formula is C21H18N2O5S2. The summed E-state index contributed by atoms with van der Waals surface area (Å²) < 4.78 is 4.98. The number of hydrogen-bond donors (Lipinski definition) is 2. The number of hydrogen-bond acceptors (Lipinski definition) is 7. The molecular weight excluding hydrogens is 424 g/mol. The molecule has 9 heteroatoms. The van der Waals surface area contributed by atoms with E-state index in [1.54, 1.807) is 41.0 Å². The summed E-state index contributed by atoms with van der Waals surface area (Å²) >= 11 is 2.85. The fourth-order valence-electron chi connectivity index (χ4n) is 2.57. The molecule has 0 atom stereocenters. The zero-order valence-corrected chi connectivity index (χ0v) is 17.4. The van der Waals surface area contributed by atoms with Crippen molar-refractivity contribution in [3.8, 4) is 0 Å². The van der Waals surface area contributed by atoms with Gasteiger partial charge in [-0.2, -0.15) is 0 Å². The number of nitrogens with one attached hydrogen (secondary N) is 2. The Hall–Kier alpha value is -3.30. The molecule has 0 aliphatic carbocycles. The molecule has 1 aromatic carbocycles. The molecule has 3 rings (SSSR count). The minimum Gasteiger partial charge on any atom is -0.452 e. The first-order valence-corrected chi connectivity index (χ1v) is 10.7. The topological polar surface area (TPSA) is 102 Å². The van der Waals surface area contributed by atoms with Gasteiger partial charge in [-0.05, 0) is 35.4 Å². The largest absolute Gasteiger partial charge is 0.452 e. The molecule has 0 bridgehead atoms. The van der Waals surface area contributed by atoms with Crippen molar-refractivity contribution in [1.29, 1.82) is 0 Å². The lowest BCUT2D eigenvalue weighted by Crippen LogP contribution is -2.42. The average Bonchev–Trinajstić information content (AvgIpc) is 3.46. The monoisotopic (exact) mass is 442 g/mol. The smallest absolute Gasteiger partial charge is 0.339 e. The number of carbonyl (C=O) groups is 4. The quantitative estimate of drug-likeness (QED) is 0.412. The highest BCUT2D eigenvalue weighted by Gasteiger charge is 2.20. The van der Waals surface area contributed by atoms with Crippen LogP contribution in [0.4, 0.5) is 4.79 Å². The van der Waals surface area contributed by atoms with Gasteiger partial charge in [-0.25, -0.2) is 9.59 Å². The van der Waals surface area contributed by atoms with E-state index in [1.807, 2.05) is 17.5 Å². The molecule has 30 heavy (non-hydrogen) atoms. The lowest BCUT2D eigenvalue weighted by Gasteiger charge is -2.09. The van der Waals surface area contributed by atoms with Gasteiger partial charge >= 0.3 is 12.0 Å². The molecule has 154 valence electrons. The number of carbonyl (C=O) groups excluding carboxylic acids is 4. The van der Waals surface area contributed by atoms with Gasteiger partial charge in [-0.1, -0.05) is 30.3 Å². The van der Waals surface area contributed by atoms with Crippen LogP contribution in [0.5, 0.6) is 0 Å². The van der Waals surface area contributed by atoms with Crippen molar-refractivity contribution in [2.75, 3.05) is 13.2 Å². The number of rotatable bonds is 8. The SMILES string of the molecule is O=C(COC(=O)c1ccccc1C(=O)c1cccs1)NC(=O)NCCc1cccs1. The zero-order chi connectivity index (χ0) is 21.3. The van der Waals surface area contributed by atoms with Crippen molar-refractivity contribution in [2.24, 2.45) is 0 Å². The van der Waals surface area contributed by atoms with Crippen LogP contribution in [-0.4, -0.2) is 36.8 Å². The van der Waals surface area contributed by atoms with Gasteiger partial charge in [0.2, 0.25) is 5.78 Å².